The lowest BCUT2D eigenvalue weighted by Crippen LogP contribution is -2.58. The lowest BCUT2D eigenvalue weighted by molar-refractivity contribution is 1.02. The molecule has 0 N–H and O–H groups in total. The van der Waals surface area contributed by atoms with Gasteiger partial charge in [-0.25, -0.2) is 9.97 Å². The molecule has 4 aromatic heterocycles. The molecule has 0 bridgehead atoms. The Bertz CT molecular complexity index is 2800. The van der Waals surface area contributed by atoms with Crippen molar-refractivity contribution in [2.24, 2.45) is 0 Å². The number of benzene rings is 6. The van der Waals surface area contributed by atoms with Crippen molar-refractivity contribution in [2.75, 3.05) is 4.90 Å². The van der Waals surface area contributed by atoms with Gasteiger partial charge in [-0.05, 0) is 76.3 Å². The third-order valence-electron chi connectivity index (χ3n) is 10.3. The van der Waals surface area contributed by atoms with E-state index in [0.29, 0.717) is 0 Å². The maximum Gasteiger partial charge on any atom is 0.277 e. The Hall–Kier alpha value is -6.44. The van der Waals surface area contributed by atoms with E-state index in [4.69, 9.17) is 9.97 Å². The standard InChI is InChI=1S/C44H28BN5S/c1-4-16-29(17-5-1)48-35-25-13-10-22-32(35)38-43(48)50(31-20-8-3-9-21-31)44-39(33-23-11-14-26-36(33)49(44)30-18-6-2-7-19-30)45(38)42-41-40(46-28-47-42)34-24-12-15-27-37(34)51-41/h1-28H. The van der Waals surface area contributed by atoms with Gasteiger partial charge < -0.3 is 0 Å². The molecule has 0 aliphatic carbocycles. The topological polar surface area (TPSA) is 38.9 Å². The van der Waals surface area contributed by atoms with Crippen molar-refractivity contribution < 1.29 is 0 Å². The summed E-state index contributed by atoms with van der Waals surface area (Å²) in [7, 11) is 0. The molecule has 0 unspecified atom stereocenters. The van der Waals surface area contributed by atoms with Crippen molar-refractivity contribution in [3.63, 3.8) is 0 Å². The summed E-state index contributed by atoms with van der Waals surface area (Å²) in [5, 5.41) is 3.58. The van der Waals surface area contributed by atoms with Crippen molar-refractivity contribution in [1.82, 2.24) is 19.1 Å². The first kappa shape index (κ1) is 28.4. The summed E-state index contributed by atoms with van der Waals surface area (Å²) in [6, 6.07) is 58.6. The molecular formula is C44H28BN5S. The molecule has 11 rings (SSSR count). The molecular weight excluding hydrogens is 641 g/mol. The summed E-state index contributed by atoms with van der Waals surface area (Å²) in [6.45, 7) is -0.196. The number of hydrogen-bond donors (Lipinski definition) is 0. The first-order valence-corrected chi connectivity index (χ1v) is 18.0. The Morgan fingerprint density at radius 3 is 1.49 bits per heavy atom. The minimum atomic E-state index is -0.196. The predicted octanol–water partition coefficient (Wildman–Crippen LogP) is 9.03. The van der Waals surface area contributed by atoms with E-state index in [0.717, 1.165) is 55.5 Å². The van der Waals surface area contributed by atoms with Crippen molar-refractivity contribution >= 4 is 94.0 Å². The molecule has 5 heterocycles. The smallest absolute Gasteiger partial charge is 0.277 e. The van der Waals surface area contributed by atoms with Crippen LogP contribution in [0.5, 0.6) is 0 Å². The molecule has 0 amide bonds. The van der Waals surface area contributed by atoms with E-state index < -0.39 is 0 Å². The summed E-state index contributed by atoms with van der Waals surface area (Å²) in [4.78, 5) is 12.7. The van der Waals surface area contributed by atoms with Crippen molar-refractivity contribution in [3.8, 4) is 11.4 Å². The third kappa shape index (κ3) is 4.04. The molecule has 5 nitrogen and oxygen atoms in total. The fourth-order valence-electron chi connectivity index (χ4n) is 8.28. The second-order valence-corrected chi connectivity index (χ2v) is 14.0. The van der Waals surface area contributed by atoms with E-state index in [1.165, 1.54) is 31.8 Å². The van der Waals surface area contributed by atoms with Crippen molar-refractivity contribution in [1.29, 1.82) is 0 Å². The van der Waals surface area contributed by atoms with Crippen LogP contribution < -0.4 is 21.4 Å². The number of aromatic nitrogens is 4. The van der Waals surface area contributed by atoms with Gasteiger partial charge in [-0.3, -0.25) is 14.0 Å². The highest BCUT2D eigenvalue weighted by molar-refractivity contribution is 7.27. The first-order chi connectivity index (χ1) is 25.4. The molecule has 238 valence electrons. The zero-order valence-electron chi connectivity index (χ0n) is 27.4. The maximum atomic E-state index is 5.26. The summed E-state index contributed by atoms with van der Waals surface area (Å²) in [5.41, 5.74) is 10.1. The molecule has 1 aliphatic heterocycles. The summed E-state index contributed by atoms with van der Waals surface area (Å²) < 4.78 is 7.24. The van der Waals surface area contributed by atoms with Crippen molar-refractivity contribution in [2.45, 2.75) is 0 Å². The van der Waals surface area contributed by atoms with Crippen LogP contribution in [-0.2, 0) is 0 Å². The van der Waals surface area contributed by atoms with Crippen LogP contribution >= 0.6 is 11.3 Å². The van der Waals surface area contributed by atoms with Gasteiger partial charge in [0.25, 0.3) is 6.71 Å². The van der Waals surface area contributed by atoms with Crippen LogP contribution in [0.25, 0.3) is 53.5 Å². The van der Waals surface area contributed by atoms with Gasteiger partial charge in [0.15, 0.2) is 0 Å². The monoisotopic (exact) mass is 669 g/mol. The Balaban J connectivity index is 1.39. The predicted molar refractivity (Wildman–Crippen MR) is 214 cm³/mol. The third-order valence-corrected chi connectivity index (χ3v) is 11.5. The summed E-state index contributed by atoms with van der Waals surface area (Å²) in [6.07, 6.45) is 1.77. The van der Waals surface area contributed by atoms with Gasteiger partial charge >= 0.3 is 0 Å². The highest BCUT2D eigenvalue weighted by Crippen LogP contribution is 2.45. The highest BCUT2D eigenvalue weighted by atomic mass is 32.1. The molecule has 0 atom stereocenters. The van der Waals surface area contributed by atoms with Crippen LogP contribution in [0.3, 0.4) is 0 Å². The van der Waals surface area contributed by atoms with Gasteiger partial charge in [0, 0.05) is 32.7 Å². The van der Waals surface area contributed by atoms with Crippen LogP contribution in [0.1, 0.15) is 0 Å². The van der Waals surface area contributed by atoms with Crippen LogP contribution in [0.15, 0.2) is 170 Å². The molecule has 7 heteroatoms. The fraction of sp³-hybridized carbons (Fsp3) is 0. The molecule has 6 aromatic carbocycles. The molecule has 10 aromatic rings. The summed E-state index contributed by atoms with van der Waals surface area (Å²) in [5.74, 6) is 2.22. The van der Waals surface area contributed by atoms with E-state index >= 15 is 0 Å². The van der Waals surface area contributed by atoms with Gasteiger partial charge in [0.2, 0.25) is 0 Å². The fourth-order valence-corrected chi connectivity index (χ4v) is 9.45. The van der Waals surface area contributed by atoms with E-state index in [2.05, 4.69) is 178 Å². The molecule has 51 heavy (non-hydrogen) atoms. The van der Waals surface area contributed by atoms with Crippen LogP contribution in [-0.4, -0.2) is 25.8 Å². The SMILES string of the molecule is c1ccc(N2c3c(c4ccccc4n3-c3ccccc3)B(c3ncnc4c3sc3ccccc34)c3c2n(-c2ccccc2)c2ccccc32)cc1. The van der Waals surface area contributed by atoms with Gasteiger partial charge in [-0.1, -0.05) is 109 Å². The minimum Gasteiger partial charge on any atom is -0.296 e. The van der Waals surface area contributed by atoms with E-state index in [1.54, 1.807) is 17.7 Å². The second kappa shape index (κ2) is 11.0. The molecule has 0 saturated carbocycles. The van der Waals surface area contributed by atoms with Crippen LogP contribution in [0, 0.1) is 0 Å². The second-order valence-electron chi connectivity index (χ2n) is 13.0. The van der Waals surface area contributed by atoms with E-state index in [1.807, 2.05) is 0 Å². The number of para-hydroxylation sites is 5. The number of hydrogen-bond acceptors (Lipinski definition) is 4. The van der Waals surface area contributed by atoms with Crippen molar-refractivity contribution in [3.05, 3.63) is 170 Å². The number of fused-ring (bicyclic) bond motifs is 9. The zero-order valence-corrected chi connectivity index (χ0v) is 28.2. The number of anilines is 3. The summed E-state index contributed by atoms with van der Waals surface area (Å²) >= 11 is 1.79. The number of nitrogens with zero attached hydrogens (tertiary/aromatic N) is 5. The molecule has 0 fully saturated rings. The normalized spacial score (nSPS) is 12.6. The quantitative estimate of drug-likeness (QED) is 0.176. The molecule has 1 aliphatic rings. The number of rotatable bonds is 4. The Labute approximate surface area is 298 Å². The molecule has 0 spiro atoms. The lowest BCUT2D eigenvalue weighted by Gasteiger charge is -2.36. The Morgan fingerprint density at radius 1 is 0.451 bits per heavy atom. The average Bonchev–Trinajstić information content (AvgIpc) is 3.86. The van der Waals surface area contributed by atoms with Gasteiger partial charge in [0.05, 0.1) is 21.3 Å². The van der Waals surface area contributed by atoms with Crippen LogP contribution in [0.4, 0.5) is 17.3 Å². The molecule has 0 saturated heterocycles. The Morgan fingerprint density at radius 2 is 0.922 bits per heavy atom. The highest BCUT2D eigenvalue weighted by Gasteiger charge is 2.45. The Kier molecular flexibility index (Phi) is 6.15. The van der Waals surface area contributed by atoms with Gasteiger partial charge in [-0.15, -0.1) is 11.3 Å². The average molecular weight is 670 g/mol. The van der Waals surface area contributed by atoms with E-state index in [-0.39, 0.29) is 6.71 Å². The lowest BCUT2D eigenvalue weighted by atomic mass is 9.36. The number of thiophene rings is 1. The zero-order chi connectivity index (χ0) is 33.5. The van der Waals surface area contributed by atoms with Crippen LogP contribution in [0.2, 0.25) is 0 Å². The first-order valence-electron chi connectivity index (χ1n) is 17.2. The van der Waals surface area contributed by atoms with E-state index in [9.17, 15) is 0 Å². The largest absolute Gasteiger partial charge is 0.296 e. The van der Waals surface area contributed by atoms with Gasteiger partial charge in [-0.2, -0.15) is 0 Å². The maximum absolute atomic E-state index is 5.26. The minimum absolute atomic E-state index is 0.196. The molecule has 0 radical (unpaired) electrons. The van der Waals surface area contributed by atoms with Gasteiger partial charge in [0.1, 0.15) is 18.0 Å².